The third-order valence-electron chi connectivity index (χ3n) is 3.13. The number of nitrogens with zero attached hydrogens (tertiary/aromatic N) is 1. The van der Waals surface area contributed by atoms with Gasteiger partial charge in [0.1, 0.15) is 0 Å². The summed E-state index contributed by atoms with van der Waals surface area (Å²) in [5, 5.41) is 10.3. The van der Waals surface area contributed by atoms with Crippen LogP contribution in [0.15, 0.2) is 0 Å². The molecule has 0 spiro atoms. The molecule has 0 atom stereocenters. The molecule has 8 heteroatoms. The Bertz CT molecular complexity index is 397. The Morgan fingerprint density at radius 3 is 1.73 bits per heavy atom. The molecule has 0 aromatic heterocycles. The summed E-state index contributed by atoms with van der Waals surface area (Å²) >= 11 is 0. The molecule has 2 N–H and O–H groups in total. The van der Waals surface area contributed by atoms with E-state index in [0.29, 0.717) is 32.5 Å². The third-order valence-corrected chi connectivity index (χ3v) is 5.53. The molecule has 26 heavy (non-hydrogen) atoms. The maximum atomic E-state index is 11.7. The smallest absolute Gasteiger partial charge is 0.220 e. The molecular formula is C18H36CdN3O2S2-. The minimum atomic E-state index is -0.0745. The van der Waals surface area contributed by atoms with Gasteiger partial charge in [-0.25, -0.2) is 0 Å². The van der Waals surface area contributed by atoms with Crippen LogP contribution in [0.4, 0.5) is 0 Å². The first-order valence-electron chi connectivity index (χ1n) is 8.96. The monoisotopic (exact) mass is 504 g/mol. The second kappa shape index (κ2) is 15.4. The summed E-state index contributed by atoms with van der Waals surface area (Å²) in [6.07, 6.45) is 1.95. The van der Waals surface area contributed by atoms with E-state index in [1.165, 1.54) is 0 Å². The molecule has 0 saturated heterocycles. The van der Waals surface area contributed by atoms with Gasteiger partial charge in [0.25, 0.3) is 0 Å². The average Bonchev–Trinajstić information content (AvgIpc) is 2.45. The van der Waals surface area contributed by atoms with E-state index in [4.69, 9.17) is 0 Å². The summed E-state index contributed by atoms with van der Waals surface area (Å²) in [7, 11) is 3.44. The maximum absolute atomic E-state index is 11.7. The van der Waals surface area contributed by atoms with Gasteiger partial charge in [-0.3, -0.25) is 9.59 Å². The molecular weight excluding hydrogens is 467 g/mol. The fraction of sp³-hybridized carbons (Fsp3) is 0.889. The van der Waals surface area contributed by atoms with E-state index in [0.717, 1.165) is 17.9 Å². The van der Waals surface area contributed by atoms with Crippen LogP contribution in [0.2, 0.25) is 0 Å². The SMILES string of the molecule is CC(C)(C)CCC(=O)NCCSSCCNC(=O)CC[N-]C(C)(C)C.[Cd]. The predicted molar refractivity (Wildman–Crippen MR) is 112 cm³/mol. The van der Waals surface area contributed by atoms with Crippen molar-refractivity contribution in [1.29, 1.82) is 0 Å². The molecule has 0 aliphatic carbocycles. The van der Waals surface area contributed by atoms with Crippen molar-refractivity contribution >= 4 is 33.4 Å². The second-order valence-electron chi connectivity index (χ2n) is 8.21. The van der Waals surface area contributed by atoms with Gasteiger partial charge in [0.05, 0.1) is 0 Å². The molecule has 0 bridgehead atoms. The Labute approximate surface area is 188 Å². The van der Waals surface area contributed by atoms with Crippen molar-refractivity contribution < 1.29 is 36.9 Å². The molecule has 0 aromatic carbocycles. The Kier molecular flexibility index (Phi) is 17.1. The summed E-state index contributed by atoms with van der Waals surface area (Å²) in [5.74, 6) is 1.94. The van der Waals surface area contributed by atoms with Crippen LogP contribution in [0.5, 0.6) is 0 Å². The first-order chi connectivity index (χ1) is 11.5. The van der Waals surface area contributed by atoms with Crippen molar-refractivity contribution in [3.8, 4) is 0 Å². The normalized spacial score (nSPS) is 11.6. The summed E-state index contributed by atoms with van der Waals surface area (Å²) in [4.78, 5) is 23.3. The fourth-order valence-electron chi connectivity index (χ4n) is 1.74. The molecule has 150 valence electrons. The maximum Gasteiger partial charge on any atom is 0.220 e. The number of amides is 2. The number of hydrogen-bond donors (Lipinski definition) is 2. The standard InChI is InChI=1S/C18H36N3O2S2.Cd/c1-17(2,3)9-7-15(22)19-11-13-24-25-14-12-20-16(23)8-10-21-18(4,5)6;/h7-14H2,1-6H3,(H,19,22)(H,20,23);/q-1;. The first-order valence-corrected chi connectivity index (χ1v) is 11.4. The van der Waals surface area contributed by atoms with E-state index in [1.54, 1.807) is 21.6 Å². The van der Waals surface area contributed by atoms with Gasteiger partial charge in [-0.1, -0.05) is 63.1 Å². The summed E-state index contributed by atoms with van der Waals surface area (Å²) < 4.78 is 0. The van der Waals surface area contributed by atoms with Gasteiger partial charge in [-0.15, -0.1) is 12.1 Å². The number of carbonyl (C=O) groups is 2. The van der Waals surface area contributed by atoms with Crippen LogP contribution in [0.3, 0.4) is 0 Å². The van der Waals surface area contributed by atoms with Crippen LogP contribution in [-0.4, -0.2) is 48.5 Å². The first kappa shape index (κ1) is 28.7. The van der Waals surface area contributed by atoms with Crippen LogP contribution in [0.25, 0.3) is 5.32 Å². The number of carbonyl (C=O) groups excluding carboxylic acids is 2. The van der Waals surface area contributed by atoms with Crippen LogP contribution in [0.1, 0.15) is 60.8 Å². The van der Waals surface area contributed by atoms with Crippen molar-refractivity contribution in [2.75, 3.05) is 31.1 Å². The van der Waals surface area contributed by atoms with Gasteiger partial charge in [0, 0.05) is 64.7 Å². The molecule has 0 heterocycles. The summed E-state index contributed by atoms with van der Waals surface area (Å²) in [6.45, 7) is 14.5. The summed E-state index contributed by atoms with van der Waals surface area (Å²) in [6, 6.07) is 0. The van der Waals surface area contributed by atoms with Crippen molar-refractivity contribution in [2.24, 2.45) is 5.41 Å². The molecule has 0 unspecified atom stereocenters. The zero-order valence-electron chi connectivity index (χ0n) is 17.4. The molecule has 0 rings (SSSR count). The average molecular weight is 503 g/mol. The second-order valence-corrected chi connectivity index (χ2v) is 10.9. The van der Waals surface area contributed by atoms with E-state index in [9.17, 15) is 9.59 Å². The van der Waals surface area contributed by atoms with Crippen molar-refractivity contribution in [1.82, 2.24) is 10.6 Å². The molecule has 0 aromatic rings. The van der Waals surface area contributed by atoms with Crippen molar-refractivity contribution in [3.05, 3.63) is 5.32 Å². The van der Waals surface area contributed by atoms with Gasteiger partial charge in [0.15, 0.2) is 0 Å². The van der Waals surface area contributed by atoms with Crippen molar-refractivity contribution in [3.63, 3.8) is 0 Å². The zero-order chi connectivity index (χ0) is 19.3. The molecule has 0 radical (unpaired) electrons. The largest absolute Gasteiger partial charge is 0.657 e. The molecule has 0 aliphatic heterocycles. The van der Waals surface area contributed by atoms with Gasteiger partial charge in [-0.2, -0.15) is 0 Å². The number of nitrogens with one attached hydrogen (secondary N) is 2. The Morgan fingerprint density at radius 1 is 0.846 bits per heavy atom. The predicted octanol–water partition coefficient (Wildman–Crippen LogP) is 3.99. The van der Waals surface area contributed by atoms with Crippen LogP contribution in [0, 0.1) is 5.41 Å². The van der Waals surface area contributed by atoms with Crippen molar-refractivity contribution in [2.45, 2.75) is 66.3 Å². The van der Waals surface area contributed by atoms with Gasteiger partial charge < -0.3 is 16.0 Å². The minimum absolute atomic E-state index is 0. The fourth-order valence-corrected chi connectivity index (χ4v) is 3.55. The van der Waals surface area contributed by atoms with Gasteiger partial charge >= 0.3 is 0 Å². The number of hydrogen-bond acceptors (Lipinski definition) is 4. The minimum Gasteiger partial charge on any atom is -0.657 e. The molecule has 0 aliphatic rings. The Balaban J connectivity index is 0. The van der Waals surface area contributed by atoms with Gasteiger partial charge in [-0.05, 0) is 11.8 Å². The quantitative estimate of drug-likeness (QED) is 0.240. The third kappa shape index (κ3) is 22.6. The van der Waals surface area contributed by atoms with Crippen LogP contribution in [-0.2, 0) is 36.9 Å². The molecule has 0 fully saturated rings. The van der Waals surface area contributed by atoms with E-state index in [-0.39, 0.29) is 50.1 Å². The Morgan fingerprint density at radius 2 is 1.31 bits per heavy atom. The molecule has 2 amide bonds. The van der Waals surface area contributed by atoms with E-state index in [1.807, 2.05) is 20.8 Å². The zero-order valence-corrected chi connectivity index (χ0v) is 23.1. The molecule has 5 nitrogen and oxygen atoms in total. The van der Waals surface area contributed by atoms with Crippen LogP contribution >= 0.6 is 21.6 Å². The number of rotatable bonds is 12. The Hall–Kier alpha value is 0.522. The molecule has 0 saturated carbocycles. The van der Waals surface area contributed by atoms with Gasteiger partial charge in [0.2, 0.25) is 11.8 Å². The van der Waals surface area contributed by atoms with Crippen LogP contribution < -0.4 is 10.6 Å². The topological polar surface area (TPSA) is 72.3 Å². The summed E-state index contributed by atoms with van der Waals surface area (Å²) in [5.41, 5.74) is 0.127. The van der Waals surface area contributed by atoms with E-state index < -0.39 is 0 Å². The van der Waals surface area contributed by atoms with E-state index in [2.05, 4.69) is 36.7 Å². The van der Waals surface area contributed by atoms with E-state index >= 15 is 0 Å².